The van der Waals surface area contributed by atoms with Gasteiger partial charge in [0, 0.05) is 27.2 Å². The molecule has 2 nitrogen and oxygen atoms in total. The lowest BCUT2D eigenvalue weighted by Crippen LogP contribution is -1.81. The van der Waals surface area contributed by atoms with Gasteiger partial charge in [-0.2, -0.15) is 5.26 Å². The highest BCUT2D eigenvalue weighted by Crippen LogP contribution is 2.31. The van der Waals surface area contributed by atoms with E-state index in [2.05, 4.69) is 11.1 Å². The van der Waals surface area contributed by atoms with Crippen molar-refractivity contribution in [2.45, 2.75) is 9.79 Å². The molecule has 78 valence electrons. The maximum Gasteiger partial charge on any atom is 0.100 e. The Morgan fingerprint density at radius 2 is 1.94 bits per heavy atom. The minimum Gasteiger partial charge on any atom is -0.265 e. The van der Waals surface area contributed by atoms with Crippen LogP contribution < -0.4 is 0 Å². The first-order valence-electron chi connectivity index (χ1n) is 4.57. The summed E-state index contributed by atoms with van der Waals surface area (Å²) >= 11 is 7.41. The molecule has 0 unspecified atom stereocenters. The summed E-state index contributed by atoms with van der Waals surface area (Å²) in [4.78, 5) is 5.84. The summed E-state index contributed by atoms with van der Waals surface area (Å²) in [5.74, 6) is 0. The number of hydrogen-bond donors (Lipinski definition) is 0. The Morgan fingerprint density at radius 3 is 2.62 bits per heavy atom. The van der Waals surface area contributed by atoms with E-state index >= 15 is 0 Å². The molecule has 0 aliphatic carbocycles. The van der Waals surface area contributed by atoms with E-state index in [1.54, 1.807) is 30.6 Å². The molecule has 1 aromatic carbocycles. The third kappa shape index (κ3) is 2.54. The molecule has 1 heterocycles. The molecule has 0 atom stereocenters. The summed E-state index contributed by atoms with van der Waals surface area (Å²) in [7, 11) is 0. The molecule has 0 fully saturated rings. The molecule has 2 aromatic rings. The highest BCUT2D eigenvalue weighted by Gasteiger charge is 2.04. The van der Waals surface area contributed by atoms with Gasteiger partial charge in [-0.25, -0.2) is 0 Å². The van der Waals surface area contributed by atoms with Gasteiger partial charge in [-0.05, 0) is 30.3 Å². The van der Waals surface area contributed by atoms with Crippen LogP contribution in [0.3, 0.4) is 0 Å². The SMILES string of the molecule is N#Cc1ccc(Cl)cc1Sc1ccncc1. The molecule has 0 spiro atoms. The quantitative estimate of drug-likeness (QED) is 0.810. The fourth-order valence-corrected chi connectivity index (χ4v) is 2.36. The Balaban J connectivity index is 2.35. The molecule has 0 N–H and O–H groups in total. The van der Waals surface area contributed by atoms with E-state index in [9.17, 15) is 0 Å². The van der Waals surface area contributed by atoms with Crippen LogP contribution in [0.15, 0.2) is 52.5 Å². The van der Waals surface area contributed by atoms with Crippen LogP contribution in [0.1, 0.15) is 5.56 Å². The van der Waals surface area contributed by atoms with Gasteiger partial charge in [0.2, 0.25) is 0 Å². The number of nitriles is 1. The largest absolute Gasteiger partial charge is 0.265 e. The second-order valence-electron chi connectivity index (χ2n) is 3.04. The van der Waals surface area contributed by atoms with Gasteiger partial charge in [0.25, 0.3) is 0 Å². The topological polar surface area (TPSA) is 36.7 Å². The first-order valence-corrected chi connectivity index (χ1v) is 5.76. The normalized spacial score (nSPS) is 9.75. The summed E-state index contributed by atoms with van der Waals surface area (Å²) < 4.78 is 0. The minimum atomic E-state index is 0.631. The zero-order valence-electron chi connectivity index (χ0n) is 8.22. The van der Waals surface area contributed by atoms with E-state index in [4.69, 9.17) is 16.9 Å². The zero-order chi connectivity index (χ0) is 11.4. The lowest BCUT2D eigenvalue weighted by Gasteiger charge is -2.03. The fourth-order valence-electron chi connectivity index (χ4n) is 1.21. The summed E-state index contributed by atoms with van der Waals surface area (Å²) in [5, 5.41) is 9.60. The Bertz CT molecular complexity index is 534. The van der Waals surface area contributed by atoms with Crippen molar-refractivity contribution in [1.82, 2.24) is 4.98 Å². The number of aromatic nitrogens is 1. The van der Waals surface area contributed by atoms with E-state index in [0.29, 0.717) is 10.6 Å². The van der Waals surface area contributed by atoms with Gasteiger partial charge in [-0.15, -0.1) is 0 Å². The summed E-state index contributed by atoms with van der Waals surface area (Å²) in [5.41, 5.74) is 0.631. The van der Waals surface area contributed by atoms with Crippen LogP contribution in [0.4, 0.5) is 0 Å². The van der Waals surface area contributed by atoms with Gasteiger partial charge in [-0.3, -0.25) is 4.98 Å². The molecule has 16 heavy (non-hydrogen) atoms. The molecule has 0 amide bonds. The molecule has 0 saturated heterocycles. The predicted molar refractivity (Wildman–Crippen MR) is 64.5 cm³/mol. The number of hydrogen-bond acceptors (Lipinski definition) is 3. The molecule has 0 aliphatic rings. The van der Waals surface area contributed by atoms with Gasteiger partial charge in [-0.1, -0.05) is 23.4 Å². The summed E-state index contributed by atoms with van der Waals surface area (Å²) in [6.07, 6.45) is 3.44. The van der Waals surface area contributed by atoms with Crippen molar-refractivity contribution >= 4 is 23.4 Å². The minimum absolute atomic E-state index is 0.631. The maximum absolute atomic E-state index is 8.97. The summed E-state index contributed by atoms with van der Waals surface area (Å²) in [6.45, 7) is 0. The standard InChI is InChI=1S/C12H7ClN2S/c13-10-2-1-9(8-14)12(7-10)16-11-3-5-15-6-4-11/h1-7H. The van der Waals surface area contributed by atoms with Gasteiger partial charge in [0.05, 0.1) is 5.56 Å². The first kappa shape index (κ1) is 11.0. The molecule has 4 heteroatoms. The van der Waals surface area contributed by atoms with Crippen LogP contribution in [0.2, 0.25) is 5.02 Å². The van der Waals surface area contributed by atoms with Crippen molar-refractivity contribution in [2.75, 3.05) is 0 Å². The summed E-state index contributed by atoms with van der Waals surface area (Å²) in [6, 6.07) is 11.2. The molecule has 1 aromatic heterocycles. The van der Waals surface area contributed by atoms with Crippen molar-refractivity contribution in [2.24, 2.45) is 0 Å². The highest BCUT2D eigenvalue weighted by molar-refractivity contribution is 7.99. The number of benzene rings is 1. The molecule has 0 bridgehead atoms. The smallest absolute Gasteiger partial charge is 0.100 e. The van der Waals surface area contributed by atoms with Gasteiger partial charge >= 0.3 is 0 Å². The second-order valence-corrected chi connectivity index (χ2v) is 4.59. The van der Waals surface area contributed by atoms with E-state index < -0.39 is 0 Å². The predicted octanol–water partition coefficient (Wildman–Crippen LogP) is 3.76. The molecular weight excluding hydrogens is 240 g/mol. The number of halogens is 1. The van der Waals surface area contributed by atoms with Gasteiger partial charge < -0.3 is 0 Å². The van der Waals surface area contributed by atoms with Crippen molar-refractivity contribution in [3.8, 4) is 6.07 Å². The molecule has 0 aliphatic heterocycles. The average Bonchev–Trinajstić information content (AvgIpc) is 2.31. The van der Waals surface area contributed by atoms with Crippen LogP contribution in [-0.4, -0.2) is 4.98 Å². The number of pyridine rings is 1. The second kappa shape index (κ2) is 5.02. The van der Waals surface area contributed by atoms with Crippen molar-refractivity contribution in [3.05, 3.63) is 53.3 Å². The van der Waals surface area contributed by atoms with Crippen LogP contribution in [0, 0.1) is 11.3 Å². The Morgan fingerprint density at radius 1 is 1.19 bits per heavy atom. The van der Waals surface area contributed by atoms with E-state index in [1.165, 1.54) is 11.8 Å². The number of rotatable bonds is 2. The van der Waals surface area contributed by atoms with Crippen LogP contribution in [0.25, 0.3) is 0 Å². The Kier molecular flexibility index (Phi) is 3.45. The van der Waals surface area contributed by atoms with E-state index in [0.717, 1.165) is 9.79 Å². The maximum atomic E-state index is 8.97. The fraction of sp³-hybridized carbons (Fsp3) is 0. The van der Waals surface area contributed by atoms with Crippen molar-refractivity contribution in [1.29, 1.82) is 5.26 Å². The Labute approximate surface area is 103 Å². The average molecular weight is 247 g/mol. The lowest BCUT2D eigenvalue weighted by molar-refractivity contribution is 1.26. The third-order valence-electron chi connectivity index (χ3n) is 1.94. The third-order valence-corrected chi connectivity index (χ3v) is 3.24. The van der Waals surface area contributed by atoms with Crippen molar-refractivity contribution < 1.29 is 0 Å². The number of nitrogens with zero attached hydrogens (tertiary/aromatic N) is 2. The van der Waals surface area contributed by atoms with Crippen LogP contribution >= 0.6 is 23.4 Å². The molecule has 2 rings (SSSR count). The zero-order valence-corrected chi connectivity index (χ0v) is 9.79. The van der Waals surface area contributed by atoms with Gasteiger partial charge in [0.1, 0.15) is 6.07 Å². The molecular formula is C12H7ClN2S. The van der Waals surface area contributed by atoms with Crippen LogP contribution in [0.5, 0.6) is 0 Å². The van der Waals surface area contributed by atoms with Crippen molar-refractivity contribution in [3.63, 3.8) is 0 Å². The molecule has 0 radical (unpaired) electrons. The first-order chi connectivity index (χ1) is 7.79. The van der Waals surface area contributed by atoms with Gasteiger partial charge in [0.15, 0.2) is 0 Å². The highest BCUT2D eigenvalue weighted by atomic mass is 35.5. The lowest BCUT2D eigenvalue weighted by atomic mass is 10.2. The molecule has 0 saturated carbocycles. The van der Waals surface area contributed by atoms with Crippen LogP contribution in [-0.2, 0) is 0 Å². The Hall–Kier alpha value is -1.50. The monoisotopic (exact) mass is 246 g/mol. The van der Waals surface area contributed by atoms with E-state index in [-0.39, 0.29) is 0 Å². The van der Waals surface area contributed by atoms with E-state index in [1.807, 2.05) is 12.1 Å².